The Hall–Kier alpha value is -2.48. The summed E-state index contributed by atoms with van der Waals surface area (Å²) in [5, 5.41) is 1.29. The van der Waals surface area contributed by atoms with Gasteiger partial charge in [-0.15, -0.1) is 0 Å². The molecule has 2 heteroatoms. The summed E-state index contributed by atoms with van der Waals surface area (Å²) in [5.74, 6) is 2.85. The molecule has 7 rings (SSSR count). The molecular formula is C37H47NO. The van der Waals surface area contributed by atoms with Crippen molar-refractivity contribution in [2.75, 3.05) is 7.11 Å². The predicted octanol–water partition coefficient (Wildman–Crippen LogP) is 9.86. The Kier molecular flexibility index (Phi) is 5.41. The van der Waals surface area contributed by atoms with Crippen molar-refractivity contribution in [2.24, 2.45) is 28.1 Å². The monoisotopic (exact) mass is 521 g/mol. The fourth-order valence-electron chi connectivity index (χ4n) is 10.5. The van der Waals surface area contributed by atoms with Gasteiger partial charge < -0.3 is 9.72 Å². The normalized spacial score (nSPS) is 39.3. The lowest BCUT2D eigenvalue weighted by Crippen LogP contribution is -2.61. The second kappa shape index (κ2) is 8.27. The summed E-state index contributed by atoms with van der Waals surface area (Å²) < 4.78 is 5.67. The minimum absolute atomic E-state index is 0.101. The van der Waals surface area contributed by atoms with E-state index in [0.29, 0.717) is 10.8 Å². The number of hydrogen-bond donors (Lipinski definition) is 1. The lowest BCUT2D eigenvalue weighted by molar-refractivity contribution is -0.145. The number of nitrogens with one attached hydrogen (secondary N) is 1. The quantitative estimate of drug-likeness (QED) is 0.334. The number of aromatic amines is 1. The van der Waals surface area contributed by atoms with Gasteiger partial charge in [0.2, 0.25) is 0 Å². The summed E-state index contributed by atoms with van der Waals surface area (Å²) in [6.07, 6.45) is 14.6. The van der Waals surface area contributed by atoms with E-state index in [4.69, 9.17) is 4.74 Å². The summed E-state index contributed by atoms with van der Waals surface area (Å²) >= 11 is 0. The first-order chi connectivity index (χ1) is 18.5. The van der Waals surface area contributed by atoms with Crippen LogP contribution in [0.3, 0.4) is 0 Å². The molecule has 4 aliphatic rings. The Labute approximate surface area is 235 Å². The molecule has 7 atom stereocenters. The summed E-state index contributed by atoms with van der Waals surface area (Å²) in [6.45, 7) is 15.5. The number of aromatic nitrogens is 1. The van der Waals surface area contributed by atoms with E-state index in [2.05, 4.69) is 95.2 Å². The molecule has 39 heavy (non-hydrogen) atoms. The Morgan fingerprint density at radius 3 is 2.56 bits per heavy atom. The molecule has 1 aromatic heterocycles. The molecule has 0 amide bonds. The smallest absolute Gasteiger partial charge is 0.119 e. The van der Waals surface area contributed by atoms with Crippen molar-refractivity contribution in [3.63, 3.8) is 0 Å². The van der Waals surface area contributed by atoms with Crippen molar-refractivity contribution in [2.45, 2.75) is 97.8 Å². The standard InChI is InChI=1S/C37H47NO/c1-23-13-14-34(3)15-17-37(6)32-21-27(28-22-38-30-12-11-25(39-7)20-26(28)30)33-24(2)9-8-10-29(33)35(32,4)16-18-36(37,5)31(34)19-23/h8-12,20-23,27,31,38H,13-19H2,1-7H3/t23?,27?,31?,34?,35?,36-,37?/m0/s1. The lowest BCUT2D eigenvalue weighted by atomic mass is 9.35. The number of benzene rings is 2. The second-order valence-electron chi connectivity index (χ2n) is 14.9. The number of aryl methyl sites for hydroxylation is 1. The van der Waals surface area contributed by atoms with Crippen LogP contribution in [0.25, 0.3) is 10.9 Å². The van der Waals surface area contributed by atoms with Gasteiger partial charge in [0.1, 0.15) is 5.75 Å². The first-order valence-corrected chi connectivity index (χ1v) is 15.5. The van der Waals surface area contributed by atoms with Gasteiger partial charge in [-0.3, -0.25) is 0 Å². The lowest BCUT2D eigenvalue weighted by Gasteiger charge is -2.69. The molecule has 3 saturated carbocycles. The van der Waals surface area contributed by atoms with Crippen molar-refractivity contribution < 1.29 is 4.74 Å². The average Bonchev–Trinajstić information content (AvgIpc) is 3.34. The van der Waals surface area contributed by atoms with Crippen LogP contribution >= 0.6 is 0 Å². The zero-order valence-electron chi connectivity index (χ0n) is 25.2. The highest BCUT2D eigenvalue weighted by atomic mass is 16.5. The van der Waals surface area contributed by atoms with E-state index >= 15 is 0 Å². The number of fused-ring (bicyclic) bond motifs is 8. The van der Waals surface area contributed by atoms with Crippen molar-refractivity contribution >= 4 is 10.9 Å². The molecule has 0 aliphatic heterocycles. The third kappa shape index (κ3) is 3.27. The largest absolute Gasteiger partial charge is 0.497 e. The summed E-state index contributed by atoms with van der Waals surface area (Å²) in [5.41, 5.74) is 10.0. The molecule has 4 aliphatic carbocycles. The number of methoxy groups -OCH3 is 1. The van der Waals surface area contributed by atoms with Crippen LogP contribution in [0.1, 0.15) is 108 Å². The molecule has 0 radical (unpaired) electrons. The molecular weight excluding hydrogens is 474 g/mol. The van der Waals surface area contributed by atoms with E-state index in [1.54, 1.807) is 18.2 Å². The topological polar surface area (TPSA) is 25.0 Å². The molecule has 6 unspecified atom stereocenters. The van der Waals surface area contributed by atoms with Crippen LogP contribution in [0.2, 0.25) is 0 Å². The minimum Gasteiger partial charge on any atom is -0.497 e. The average molecular weight is 522 g/mol. The number of rotatable bonds is 2. The van der Waals surface area contributed by atoms with Gasteiger partial charge in [-0.25, -0.2) is 0 Å². The highest BCUT2D eigenvalue weighted by molar-refractivity contribution is 5.86. The second-order valence-corrected chi connectivity index (χ2v) is 14.9. The Balaban J connectivity index is 1.45. The molecule has 3 aromatic rings. The molecule has 2 nitrogen and oxygen atoms in total. The Morgan fingerprint density at radius 1 is 0.949 bits per heavy atom. The van der Waals surface area contributed by atoms with Gasteiger partial charge in [-0.05, 0) is 114 Å². The van der Waals surface area contributed by atoms with E-state index in [1.165, 1.54) is 72.5 Å². The van der Waals surface area contributed by atoms with Crippen molar-refractivity contribution in [1.82, 2.24) is 4.98 Å². The van der Waals surface area contributed by atoms with Crippen molar-refractivity contribution in [1.29, 1.82) is 0 Å². The fraction of sp³-hybridized carbons (Fsp3) is 0.568. The number of allylic oxidation sites excluding steroid dienone is 2. The zero-order chi connectivity index (χ0) is 27.4. The highest BCUT2D eigenvalue weighted by Crippen LogP contribution is 2.74. The summed E-state index contributed by atoms with van der Waals surface area (Å²) in [7, 11) is 1.77. The maximum absolute atomic E-state index is 5.67. The molecule has 206 valence electrons. The maximum atomic E-state index is 5.67. The number of hydrogen-bond acceptors (Lipinski definition) is 1. The van der Waals surface area contributed by atoms with E-state index in [9.17, 15) is 0 Å². The van der Waals surface area contributed by atoms with Crippen LogP contribution in [0.15, 0.2) is 54.2 Å². The molecule has 0 spiro atoms. The predicted molar refractivity (Wildman–Crippen MR) is 163 cm³/mol. The SMILES string of the molecule is COc1ccc2[nH]cc(C3C=C4C(C)(CC[C@@]5(C)C6CC(C)CCC6(C)CCC45C)c4cccc(C)c43)c2c1. The maximum Gasteiger partial charge on any atom is 0.119 e. The Bertz CT molecular complexity index is 1490. The van der Waals surface area contributed by atoms with Crippen molar-refractivity contribution in [3.05, 3.63) is 76.5 Å². The van der Waals surface area contributed by atoms with Gasteiger partial charge in [-0.2, -0.15) is 0 Å². The third-order valence-corrected chi connectivity index (χ3v) is 13.1. The Morgan fingerprint density at radius 2 is 1.77 bits per heavy atom. The van der Waals surface area contributed by atoms with Gasteiger partial charge >= 0.3 is 0 Å². The van der Waals surface area contributed by atoms with E-state index in [0.717, 1.165) is 17.6 Å². The number of ether oxygens (including phenoxy) is 1. The first kappa shape index (κ1) is 25.5. The van der Waals surface area contributed by atoms with Gasteiger partial charge in [0, 0.05) is 28.4 Å². The third-order valence-electron chi connectivity index (χ3n) is 13.1. The minimum atomic E-state index is 0.101. The van der Waals surface area contributed by atoms with Gasteiger partial charge in [0.05, 0.1) is 7.11 Å². The molecule has 2 aromatic carbocycles. The van der Waals surface area contributed by atoms with Crippen LogP contribution < -0.4 is 4.74 Å². The van der Waals surface area contributed by atoms with Gasteiger partial charge in [0.25, 0.3) is 0 Å². The first-order valence-electron chi connectivity index (χ1n) is 15.5. The van der Waals surface area contributed by atoms with E-state index in [1.807, 2.05) is 0 Å². The van der Waals surface area contributed by atoms with Gasteiger partial charge in [0.15, 0.2) is 0 Å². The fourth-order valence-corrected chi connectivity index (χ4v) is 10.5. The molecule has 3 fully saturated rings. The van der Waals surface area contributed by atoms with Crippen LogP contribution in [-0.2, 0) is 5.41 Å². The van der Waals surface area contributed by atoms with Crippen LogP contribution in [0, 0.1) is 35.0 Å². The highest BCUT2D eigenvalue weighted by Gasteiger charge is 2.65. The molecule has 1 N–H and O–H groups in total. The van der Waals surface area contributed by atoms with E-state index < -0.39 is 0 Å². The summed E-state index contributed by atoms with van der Waals surface area (Å²) in [4.78, 5) is 3.60. The zero-order valence-corrected chi connectivity index (χ0v) is 25.2. The van der Waals surface area contributed by atoms with Gasteiger partial charge in [-0.1, -0.05) is 70.9 Å². The number of H-pyrrole nitrogens is 1. The van der Waals surface area contributed by atoms with E-state index in [-0.39, 0.29) is 16.7 Å². The summed E-state index contributed by atoms with van der Waals surface area (Å²) in [6, 6.07) is 13.6. The van der Waals surface area contributed by atoms with Crippen molar-refractivity contribution in [3.8, 4) is 5.75 Å². The molecule has 0 bridgehead atoms. The molecule has 0 saturated heterocycles. The van der Waals surface area contributed by atoms with Crippen LogP contribution in [0.4, 0.5) is 0 Å². The molecule has 1 heterocycles. The van der Waals surface area contributed by atoms with Crippen LogP contribution in [-0.4, -0.2) is 12.1 Å². The van der Waals surface area contributed by atoms with Crippen LogP contribution in [0.5, 0.6) is 5.75 Å².